The number of hydrogen-bond donors (Lipinski definition) is 0. The van der Waals surface area contributed by atoms with Crippen molar-refractivity contribution in [3.63, 3.8) is 0 Å². The van der Waals surface area contributed by atoms with E-state index in [0.29, 0.717) is 0 Å². The summed E-state index contributed by atoms with van der Waals surface area (Å²) in [6.07, 6.45) is 4.69. The van der Waals surface area contributed by atoms with Gasteiger partial charge >= 0.3 is 0 Å². The summed E-state index contributed by atoms with van der Waals surface area (Å²) in [6, 6.07) is 8.27. The average molecular weight is 312 g/mol. The first kappa shape index (κ1) is 14.7. The molecule has 4 heteroatoms. The van der Waals surface area contributed by atoms with E-state index < -0.39 is 0 Å². The van der Waals surface area contributed by atoms with Gasteiger partial charge in [-0.15, -0.1) is 0 Å². The molecule has 2 aliphatic heterocycles. The summed E-state index contributed by atoms with van der Waals surface area (Å²) in [5.41, 5.74) is 2.60. The van der Waals surface area contributed by atoms with Crippen LogP contribution in [0.2, 0.25) is 0 Å². The van der Waals surface area contributed by atoms with Gasteiger partial charge in [0.05, 0.1) is 6.04 Å². The Balaban J connectivity index is 1.53. The predicted octanol–water partition coefficient (Wildman–Crippen LogP) is 2.53. The Hall–Kier alpha value is -1.84. The average Bonchev–Trinajstić information content (AvgIpc) is 3.31. The van der Waals surface area contributed by atoms with E-state index in [1.807, 2.05) is 15.9 Å². The lowest BCUT2D eigenvalue weighted by Gasteiger charge is -2.38. The van der Waals surface area contributed by atoms with E-state index in [2.05, 4.69) is 25.1 Å². The summed E-state index contributed by atoms with van der Waals surface area (Å²) >= 11 is 0. The molecule has 0 N–H and O–H groups in total. The zero-order chi connectivity index (χ0) is 16.0. The summed E-state index contributed by atoms with van der Waals surface area (Å²) in [5.74, 6) is 0.562. The van der Waals surface area contributed by atoms with Crippen molar-refractivity contribution in [1.29, 1.82) is 0 Å². The van der Waals surface area contributed by atoms with E-state index in [9.17, 15) is 9.59 Å². The van der Waals surface area contributed by atoms with Crippen molar-refractivity contribution in [3.8, 4) is 0 Å². The standard InChI is InChI=1S/C19H24N2O2/c1-13-16-6-3-2-5-14(16)10-12-20(13)19(23)17-7-4-11-21(17)18(22)15-8-9-15/h2-3,5-6,13,15,17H,4,7-12H2,1H3/t13-,17-/m0/s1. The SMILES string of the molecule is C[C@H]1c2ccccc2CCN1C(=O)[C@@H]1CCCN1C(=O)C1CC1. The third kappa shape index (κ3) is 2.54. The number of carbonyl (C=O) groups excluding carboxylic acids is 2. The highest BCUT2D eigenvalue weighted by Gasteiger charge is 2.43. The summed E-state index contributed by atoms with van der Waals surface area (Å²) in [7, 11) is 0. The highest BCUT2D eigenvalue weighted by molar-refractivity contribution is 5.90. The minimum absolute atomic E-state index is 0.103. The maximum Gasteiger partial charge on any atom is 0.245 e. The fraction of sp³-hybridized carbons (Fsp3) is 0.579. The van der Waals surface area contributed by atoms with Crippen LogP contribution in [0.3, 0.4) is 0 Å². The minimum atomic E-state index is -0.226. The second-order valence-corrected chi connectivity index (χ2v) is 7.12. The molecule has 0 unspecified atom stereocenters. The predicted molar refractivity (Wildman–Crippen MR) is 87.7 cm³/mol. The van der Waals surface area contributed by atoms with Gasteiger partial charge in [-0.05, 0) is 50.2 Å². The third-order valence-electron chi connectivity index (χ3n) is 5.63. The molecule has 2 atom stereocenters. The molecule has 0 radical (unpaired) electrons. The normalized spacial score (nSPS) is 27.0. The van der Waals surface area contributed by atoms with Gasteiger partial charge in [0, 0.05) is 19.0 Å². The Morgan fingerprint density at radius 2 is 1.78 bits per heavy atom. The Labute approximate surface area is 137 Å². The number of amides is 2. The largest absolute Gasteiger partial charge is 0.334 e. The molecule has 0 aromatic heterocycles. The molecule has 1 aromatic carbocycles. The summed E-state index contributed by atoms with van der Waals surface area (Å²) < 4.78 is 0. The molecule has 2 fully saturated rings. The fourth-order valence-electron chi connectivity index (χ4n) is 4.12. The number of nitrogens with zero attached hydrogens (tertiary/aromatic N) is 2. The van der Waals surface area contributed by atoms with Gasteiger partial charge in [0.2, 0.25) is 11.8 Å². The van der Waals surface area contributed by atoms with E-state index in [4.69, 9.17) is 0 Å². The molecule has 1 saturated heterocycles. The van der Waals surface area contributed by atoms with Crippen LogP contribution in [0.15, 0.2) is 24.3 Å². The van der Waals surface area contributed by atoms with Crippen LogP contribution < -0.4 is 0 Å². The number of benzene rings is 1. The lowest BCUT2D eigenvalue weighted by Crippen LogP contribution is -2.50. The molecular weight excluding hydrogens is 288 g/mol. The smallest absolute Gasteiger partial charge is 0.245 e. The second-order valence-electron chi connectivity index (χ2n) is 7.12. The summed E-state index contributed by atoms with van der Waals surface area (Å²) in [5, 5.41) is 0. The molecule has 0 spiro atoms. The zero-order valence-electron chi connectivity index (χ0n) is 13.7. The lowest BCUT2D eigenvalue weighted by molar-refractivity contribution is -0.146. The Bertz CT molecular complexity index is 638. The van der Waals surface area contributed by atoms with Crippen molar-refractivity contribution in [3.05, 3.63) is 35.4 Å². The molecule has 4 nitrogen and oxygen atoms in total. The van der Waals surface area contributed by atoms with Gasteiger partial charge in [-0.1, -0.05) is 24.3 Å². The maximum absolute atomic E-state index is 13.1. The monoisotopic (exact) mass is 312 g/mol. The van der Waals surface area contributed by atoms with Gasteiger partial charge in [0.1, 0.15) is 6.04 Å². The van der Waals surface area contributed by atoms with Gasteiger partial charge < -0.3 is 9.80 Å². The van der Waals surface area contributed by atoms with Crippen molar-refractivity contribution >= 4 is 11.8 Å². The minimum Gasteiger partial charge on any atom is -0.334 e. The van der Waals surface area contributed by atoms with Gasteiger partial charge in [-0.2, -0.15) is 0 Å². The van der Waals surface area contributed by atoms with Crippen molar-refractivity contribution in [1.82, 2.24) is 9.80 Å². The number of carbonyl (C=O) groups is 2. The lowest BCUT2D eigenvalue weighted by atomic mass is 9.93. The van der Waals surface area contributed by atoms with Crippen LogP contribution >= 0.6 is 0 Å². The van der Waals surface area contributed by atoms with Crippen molar-refractivity contribution in [2.24, 2.45) is 5.92 Å². The van der Waals surface area contributed by atoms with Crippen molar-refractivity contribution in [2.75, 3.05) is 13.1 Å². The molecule has 23 heavy (non-hydrogen) atoms. The van der Waals surface area contributed by atoms with Gasteiger partial charge in [0.25, 0.3) is 0 Å². The van der Waals surface area contributed by atoms with Gasteiger partial charge in [-0.3, -0.25) is 9.59 Å². The van der Waals surface area contributed by atoms with E-state index in [-0.39, 0.29) is 29.8 Å². The molecule has 3 aliphatic rings. The number of likely N-dealkylation sites (tertiary alicyclic amines) is 1. The third-order valence-corrected chi connectivity index (χ3v) is 5.63. The highest BCUT2D eigenvalue weighted by atomic mass is 16.2. The maximum atomic E-state index is 13.1. The summed E-state index contributed by atoms with van der Waals surface area (Å²) in [6.45, 7) is 3.63. The first-order valence-corrected chi connectivity index (χ1v) is 8.85. The fourth-order valence-corrected chi connectivity index (χ4v) is 4.12. The molecular formula is C19H24N2O2. The van der Waals surface area contributed by atoms with Crippen LogP contribution in [0, 0.1) is 5.92 Å². The van der Waals surface area contributed by atoms with Gasteiger partial charge in [-0.25, -0.2) is 0 Å². The van der Waals surface area contributed by atoms with E-state index in [1.54, 1.807) is 0 Å². The Morgan fingerprint density at radius 3 is 2.57 bits per heavy atom. The van der Waals surface area contributed by atoms with Crippen LogP contribution in [0.4, 0.5) is 0 Å². The molecule has 2 heterocycles. The van der Waals surface area contributed by atoms with Crippen molar-refractivity contribution in [2.45, 2.75) is 51.1 Å². The quantitative estimate of drug-likeness (QED) is 0.842. The second kappa shape index (κ2) is 5.66. The highest BCUT2D eigenvalue weighted by Crippen LogP contribution is 2.35. The molecule has 4 rings (SSSR count). The number of rotatable bonds is 2. The van der Waals surface area contributed by atoms with Crippen LogP contribution in [0.25, 0.3) is 0 Å². The van der Waals surface area contributed by atoms with Gasteiger partial charge in [0.15, 0.2) is 0 Å². The molecule has 2 amide bonds. The Morgan fingerprint density at radius 1 is 1.00 bits per heavy atom. The van der Waals surface area contributed by atoms with Crippen LogP contribution in [0.5, 0.6) is 0 Å². The van der Waals surface area contributed by atoms with Crippen LogP contribution in [-0.2, 0) is 16.0 Å². The first-order valence-electron chi connectivity index (χ1n) is 8.85. The van der Waals surface area contributed by atoms with E-state index in [0.717, 1.165) is 45.2 Å². The molecule has 1 aromatic rings. The molecule has 122 valence electrons. The molecule has 0 bridgehead atoms. The Kier molecular flexibility index (Phi) is 3.63. The van der Waals surface area contributed by atoms with Crippen molar-refractivity contribution < 1.29 is 9.59 Å². The van der Waals surface area contributed by atoms with Crippen LogP contribution in [-0.4, -0.2) is 40.7 Å². The van der Waals surface area contributed by atoms with Crippen LogP contribution in [0.1, 0.15) is 49.8 Å². The van der Waals surface area contributed by atoms with E-state index >= 15 is 0 Å². The van der Waals surface area contributed by atoms with E-state index in [1.165, 1.54) is 11.1 Å². The molecule has 1 saturated carbocycles. The number of hydrogen-bond acceptors (Lipinski definition) is 2. The topological polar surface area (TPSA) is 40.6 Å². The molecule has 1 aliphatic carbocycles. The number of fused-ring (bicyclic) bond motifs is 1. The first-order chi connectivity index (χ1) is 11.2. The zero-order valence-corrected chi connectivity index (χ0v) is 13.7. The summed E-state index contributed by atoms with van der Waals surface area (Å²) in [4.78, 5) is 29.4.